The second-order valence-electron chi connectivity index (χ2n) is 37.5. The van der Waals surface area contributed by atoms with Crippen molar-refractivity contribution in [2.75, 3.05) is 92.3 Å². The first-order valence-electron chi connectivity index (χ1n) is 46.6. The molecule has 23 rings (SSSR count). The lowest BCUT2D eigenvalue weighted by molar-refractivity contribution is -0.144. The number of aromatic nitrogens is 24. The summed E-state index contributed by atoms with van der Waals surface area (Å²) in [6.45, 7) is 10.00. The van der Waals surface area contributed by atoms with Crippen LogP contribution in [0.1, 0.15) is 71.1 Å². The molecule has 704 valence electrons. The van der Waals surface area contributed by atoms with Crippen LogP contribution in [-0.2, 0) is 75.9 Å². The highest BCUT2D eigenvalue weighted by Gasteiger charge is 2.68. The van der Waals surface area contributed by atoms with Gasteiger partial charge in [0.2, 0.25) is 10.0 Å². The van der Waals surface area contributed by atoms with Crippen LogP contribution in [0.5, 0.6) is 0 Å². The maximum Gasteiger partial charge on any atom is 0.208 e. The van der Waals surface area contributed by atoms with Gasteiger partial charge in [0.25, 0.3) is 0 Å². The van der Waals surface area contributed by atoms with Crippen LogP contribution >= 0.6 is 0 Å². The zero-order chi connectivity index (χ0) is 94.6. The number of nitrogens with zero attached hydrogens (tertiary/aromatic N) is 27. The molecule has 7 aliphatic rings. The Balaban J connectivity index is 0.000000117. The van der Waals surface area contributed by atoms with E-state index in [0.29, 0.717) is 67.4 Å². The number of hydrogen-bond donors (Lipinski definition) is 4. The number of rotatable bonds is 25. The Kier molecular flexibility index (Phi) is 26.4. The van der Waals surface area contributed by atoms with Gasteiger partial charge >= 0.3 is 0 Å². The van der Waals surface area contributed by atoms with Gasteiger partial charge < -0.3 is 35.7 Å². The van der Waals surface area contributed by atoms with Crippen molar-refractivity contribution >= 4 is 39.1 Å². The maximum atomic E-state index is 11.7. The summed E-state index contributed by atoms with van der Waals surface area (Å²) < 4.78 is 45.7. The number of nitrogens with two attached hydrogens (primary N) is 1. The molecule has 137 heavy (non-hydrogen) atoms. The fourth-order valence-electron chi connectivity index (χ4n) is 20.0. The lowest BCUT2D eigenvalue weighted by atomic mass is 9.38. The number of anilines is 4. The van der Waals surface area contributed by atoms with Gasteiger partial charge in [-0.25, -0.2) is 53.0 Å². The summed E-state index contributed by atoms with van der Waals surface area (Å²) in [6.07, 6.45) is 49.9. The predicted octanol–water partition coefficient (Wildman–Crippen LogP) is 13.3. The Morgan fingerprint density at radius 3 is 1.10 bits per heavy atom. The van der Waals surface area contributed by atoms with Crippen LogP contribution in [0.3, 0.4) is 0 Å². The lowest BCUT2D eigenvalue weighted by Crippen LogP contribution is -2.71. The molecule has 15 heterocycles. The van der Waals surface area contributed by atoms with Gasteiger partial charge in [-0.15, -0.1) is 0 Å². The number of nitrogens with one attached hydrogen (secondary N) is 3. The van der Waals surface area contributed by atoms with Crippen molar-refractivity contribution in [3.63, 3.8) is 0 Å². The Bertz CT molecular complexity index is 7080. The zero-order valence-corrected chi connectivity index (χ0v) is 79.7. The summed E-state index contributed by atoms with van der Waals surface area (Å²) in [5.41, 5.74) is 26.3. The molecular formula is C101H115N31O4S. The molecule has 7 fully saturated rings. The monoisotopic (exact) mass is 1860 g/mol. The topological polar surface area (TPSA) is 378 Å². The molecule has 35 nitrogen and oxygen atoms in total. The zero-order valence-electron chi connectivity index (χ0n) is 78.9. The summed E-state index contributed by atoms with van der Waals surface area (Å²) in [6, 6.07) is 34.0. The first-order valence-corrected chi connectivity index (χ1v) is 48.5. The number of hydrogen-bond acceptors (Lipinski definition) is 26. The van der Waals surface area contributed by atoms with Crippen molar-refractivity contribution in [1.29, 1.82) is 0 Å². The highest BCUT2D eigenvalue weighted by molar-refractivity contribution is 7.88. The molecule has 5 N–H and O–H groups in total. The molecular weight excluding hydrogens is 1740 g/mol. The van der Waals surface area contributed by atoms with E-state index in [4.69, 9.17) is 50.3 Å². The van der Waals surface area contributed by atoms with Crippen LogP contribution in [0.25, 0.3) is 135 Å². The molecule has 16 aromatic rings. The number of ether oxygens (including phenoxy) is 1. The third kappa shape index (κ3) is 21.3. The van der Waals surface area contributed by atoms with Crippen molar-refractivity contribution in [2.45, 2.75) is 88.8 Å². The Hall–Kier alpha value is -14.5. The molecule has 0 spiro atoms. The van der Waals surface area contributed by atoms with Gasteiger partial charge in [0.1, 0.15) is 29.1 Å². The largest absolute Gasteiger partial charge is 0.379 e. The number of morpholine rings is 1. The highest BCUT2D eigenvalue weighted by atomic mass is 32.2. The van der Waals surface area contributed by atoms with Crippen LogP contribution in [0.2, 0.25) is 0 Å². The van der Waals surface area contributed by atoms with E-state index >= 15 is 0 Å². The van der Waals surface area contributed by atoms with E-state index in [1.807, 2.05) is 226 Å². The molecule has 2 atom stereocenters. The van der Waals surface area contributed by atoms with E-state index in [0.717, 1.165) is 225 Å². The smallest absolute Gasteiger partial charge is 0.208 e. The number of carbonyl (C=O) groups is 1. The first kappa shape index (κ1) is 91.6. The molecule has 36 heteroatoms. The number of Topliss-reactive ketones (excluding diaryl/α,β-unsaturated/α-hetero) is 1. The van der Waals surface area contributed by atoms with Crippen molar-refractivity contribution in [2.24, 2.45) is 79.4 Å². The van der Waals surface area contributed by atoms with Gasteiger partial charge in [-0.2, -0.15) is 40.8 Å². The fourth-order valence-corrected chi connectivity index (χ4v) is 20.5. The molecule has 0 amide bonds. The summed E-state index contributed by atoms with van der Waals surface area (Å²) in [7, 11) is 12.1. The van der Waals surface area contributed by atoms with E-state index in [1.165, 1.54) is 19.1 Å². The van der Waals surface area contributed by atoms with Gasteiger partial charge in [-0.1, -0.05) is 72.8 Å². The van der Waals surface area contributed by atoms with Crippen LogP contribution < -0.4 is 30.9 Å². The number of ketones is 1. The minimum absolute atomic E-state index is 0.0234. The van der Waals surface area contributed by atoms with Gasteiger partial charge in [-0.3, -0.25) is 42.4 Å². The third-order valence-electron chi connectivity index (χ3n) is 26.7. The highest BCUT2D eigenvalue weighted by Crippen LogP contribution is 2.70. The molecule has 0 radical (unpaired) electrons. The van der Waals surface area contributed by atoms with Crippen LogP contribution in [0.4, 0.5) is 23.3 Å². The molecule has 4 aliphatic carbocycles. The van der Waals surface area contributed by atoms with E-state index in [1.54, 1.807) is 35.0 Å². The molecule has 2 bridgehead atoms. The van der Waals surface area contributed by atoms with Gasteiger partial charge in [0.05, 0.1) is 69.0 Å². The second kappa shape index (κ2) is 39.5. The molecule has 4 aromatic carbocycles. The van der Waals surface area contributed by atoms with E-state index < -0.39 is 10.0 Å². The number of carbonyl (C=O) groups excluding carboxylic acids is 1. The minimum Gasteiger partial charge on any atom is -0.379 e. The molecule has 4 saturated carbocycles. The van der Waals surface area contributed by atoms with Gasteiger partial charge in [-0.05, 0) is 135 Å². The van der Waals surface area contributed by atoms with Crippen molar-refractivity contribution in [3.8, 4) is 135 Å². The van der Waals surface area contributed by atoms with Crippen molar-refractivity contribution in [1.82, 2.24) is 128 Å². The summed E-state index contributed by atoms with van der Waals surface area (Å²) >= 11 is 0. The van der Waals surface area contributed by atoms with Gasteiger partial charge in [0.15, 0.2) is 23.3 Å². The number of sulfonamides is 1. The Morgan fingerprint density at radius 1 is 0.409 bits per heavy atom. The summed E-state index contributed by atoms with van der Waals surface area (Å²) in [5, 5.41) is 42.1. The standard InChI is InChI=1S/C28H34N8O.C26H27N7O.C24H28N8O2S.C23H26N8/c1-34-18-22(15-30-34)20-4-3-5-21(14-20)27-29-17-26(23-16-31-35(2)19-23)28(33-27)32-24-6-8-25(9-7-24)36-10-12-37-13-11-36;1-17(34)8-25-14-26(15-25,16-25)31-24-22(21-10-29-33(3)13-21)11-27-23(30-24)19-6-4-5-18(7-19)20-9-28-32(2)12-20;1-30-15-20(11-26-30)18-5-4-6-19(9-18)23-25-13-22(21-12-27-31(2)16-21)24(29-23)32-8-7-17(14-32)10-28-35(3,33)34;1-29-14-19(10-26-29)17-4-3-5-18(8-17)22-25-12-21(20-11-27-30(2)15-20)23(28-22)31-7-6-16(9-24)13-31/h3-5,14-19,24-25H,6-13H2,1-2H3,(H,29,32,33);4-7,9-13H,8,14-16H2,1-3H3,(H,27,30,31);4-6,9,11-13,15-17,28H,7-8,10,14H2,1-3H3;3-5,8,10-12,14-16H,6-7,9,13,24H2,1-2H3. The van der Waals surface area contributed by atoms with Crippen LogP contribution in [-0.4, -0.2) is 227 Å². The first-order chi connectivity index (χ1) is 66.3. The molecule has 12 aromatic heterocycles. The van der Waals surface area contributed by atoms with Crippen molar-refractivity contribution in [3.05, 3.63) is 221 Å². The van der Waals surface area contributed by atoms with Crippen LogP contribution in [0, 0.1) is 17.3 Å². The van der Waals surface area contributed by atoms with E-state index in [2.05, 4.69) is 132 Å². The average Bonchev–Trinajstić information content (AvgIpc) is 1.62. The molecule has 2 unspecified atom stereocenters. The SMILES string of the molecule is CC(=O)CC12CC(Nc3nc(-c4cccc(-c5cnn(C)c5)c4)ncc3-c3cnn(C)c3)(C1)C2.Cn1cc(-c2cccc(-c3ncc(-c4cnn(C)c4)c(N4CCC(CN)C4)n3)c2)cn1.Cn1cc(-c2cccc(-c3ncc(-c4cnn(C)c4)c(N4CCC(CNS(C)(=O)=O)C4)n3)c2)cn1.Cn1cc(-c2cccc(-c3ncc(-c4cnn(C)c4)c(NC4CCC(N5CCOCC5)CC4)n3)c2)cn1. The maximum absolute atomic E-state index is 11.7. The van der Waals surface area contributed by atoms with Crippen molar-refractivity contribution < 1.29 is 17.9 Å². The number of aryl methyl sites for hydroxylation is 8. The number of benzene rings is 4. The third-order valence-corrected chi connectivity index (χ3v) is 27.4. The Labute approximate surface area is 796 Å². The summed E-state index contributed by atoms with van der Waals surface area (Å²) in [5.74, 6) is 7.18. The van der Waals surface area contributed by atoms with E-state index in [-0.39, 0.29) is 22.7 Å². The summed E-state index contributed by atoms with van der Waals surface area (Å²) in [4.78, 5) is 57.8. The fraction of sp³-hybridized carbons (Fsp3) is 0.356. The van der Waals surface area contributed by atoms with Gasteiger partial charge in [0, 0.05) is 290 Å². The quantitative estimate of drug-likeness (QED) is 0.0413. The minimum atomic E-state index is -3.22. The average molecular weight is 1860 g/mol. The normalized spacial score (nSPS) is 19.0. The second-order valence-corrected chi connectivity index (χ2v) is 39.3. The molecule has 3 aliphatic heterocycles. The molecule has 3 saturated heterocycles. The van der Waals surface area contributed by atoms with Crippen LogP contribution in [0.15, 0.2) is 221 Å². The van der Waals surface area contributed by atoms with E-state index in [9.17, 15) is 13.2 Å². The Morgan fingerprint density at radius 2 is 0.745 bits per heavy atom. The lowest BCUT2D eigenvalue weighted by Gasteiger charge is -2.71. The predicted molar refractivity (Wildman–Crippen MR) is 530 cm³/mol.